The summed E-state index contributed by atoms with van der Waals surface area (Å²) in [6.45, 7) is 3.71. The average molecular weight is 269 g/mol. The Labute approximate surface area is 116 Å². The van der Waals surface area contributed by atoms with Crippen LogP contribution in [0, 0.1) is 0 Å². The van der Waals surface area contributed by atoms with Gasteiger partial charge in [-0.1, -0.05) is 23.8 Å². The van der Waals surface area contributed by atoms with Crippen LogP contribution < -0.4 is 4.90 Å². The number of aromatic nitrogens is 2. The lowest BCUT2D eigenvalue weighted by Crippen LogP contribution is -2.29. The summed E-state index contributed by atoms with van der Waals surface area (Å²) in [5.41, 5.74) is 2.03. The normalized spacial score (nSPS) is 15.2. The third kappa shape index (κ3) is 2.22. The molecule has 0 amide bonds. The maximum absolute atomic E-state index is 11.2. The zero-order valence-electron chi connectivity index (χ0n) is 11.2. The van der Waals surface area contributed by atoms with Gasteiger partial charge in [0.05, 0.1) is 5.52 Å². The standard InChI is InChI=1S/C15H15N3O2/c1-10-6-8-18(9-7-10)14-11-4-2-3-5-12(11)16-13(17-14)15(19)20/h2-6H,7-9H2,1H3,(H,19,20). The van der Waals surface area contributed by atoms with Crippen LogP contribution in [-0.4, -0.2) is 34.1 Å². The zero-order chi connectivity index (χ0) is 14.1. The number of hydrogen-bond donors (Lipinski definition) is 1. The summed E-state index contributed by atoms with van der Waals surface area (Å²) in [6, 6.07) is 7.52. The molecule has 0 spiro atoms. The Morgan fingerprint density at radius 2 is 2.10 bits per heavy atom. The van der Waals surface area contributed by atoms with Gasteiger partial charge in [-0.2, -0.15) is 0 Å². The van der Waals surface area contributed by atoms with E-state index in [2.05, 4.69) is 27.9 Å². The van der Waals surface area contributed by atoms with Gasteiger partial charge in [-0.3, -0.25) is 0 Å². The van der Waals surface area contributed by atoms with Crippen molar-refractivity contribution in [3.05, 3.63) is 41.7 Å². The summed E-state index contributed by atoms with van der Waals surface area (Å²) in [5.74, 6) is -0.539. The van der Waals surface area contributed by atoms with Crippen LogP contribution in [0.1, 0.15) is 24.0 Å². The summed E-state index contributed by atoms with van der Waals surface area (Å²) in [7, 11) is 0. The third-order valence-electron chi connectivity index (χ3n) is 3.51. The lowest BCUT2D eigenvalue weighted by Gasteiger charge is -2.27. The average Bonchev–Trinajstić information content (AvgIpc) is 2.47. The van der Waals surface area contributed by atoms with Gasteiger partial charge in [0.15, 0.2) is 0 Å². The van der Waals surface area contributed by atoms with Gasteiger partial charge in [0.1, 0.15) is 5.82 Å². The van der Waals surface area contributed by atoms with Gasteiger partial charge in [0, 0.05) is 18.5 Å². The lowest BCUT2D eigenvalue weighted by molar-refractivity contribution is 0.0684. The van der Waals surface area contributed by atoms with Crippen LogP contribution in [0.3, 0.4) is 0 Å². The summed E-state index contributed by atoms with van der Waals surface area (Å²) in [6.07, 6.45) is 3.13. The van der Waals surface area contributed by atoms with Crippen LogP contribution in [0.5, 0.6) is 0 Å². The second-order valence-electron chi connectivity index (χ2n) is 4.94. The quantitative estimate of drug-likeness (QED) is 0.848. The third-order valence-corrected chi connectivity index (χ3v) is 3.51. The fourth-order valence-corrected chi connectivity index (χ4v) is 2.36. The van der Waals surface area contributed by atoms with Crippen molar-refractivity contribution in [3.8, 4) is 0 Å². The summed E-state index contributed by atoms with van der Waals surface area (Å²) >= 11 is 0. The van der Waals surface area contributed by atoms with Gasteiger partial charge in [-0.05, 0) is 25.5 Å². The van der Waals surface area contributed by atoms with Crippen molar-refractivity contribution in [2.75, 3.05) is 18.0 Å². The summed E-state index contributed by atoms with van der Waals surface area (Å²) < 4.78 is 0. The van der Waals surface area contributed by atoms with Gasteiger partial charge in [0.25, 0.3) is 0 Å². The van der Waals surface area contributed by atoms with E-state index in [0.29, 0.717) is 11.3 Å². The largest absolute Gasteiger partial charge is 0.475 e. The molecule has 5 heteroatoms. The first-order valence-electron chi connectivity index (χ1n) is 6.56. The topological polar surface area (TPSA) is 66.3 Å². The molecule has 2 heterocycles. The van der Waals surface area contributed by atoms with Crippen molar-refractivity contribution in [2.24, 2.45) is 0 Å². The van der Waals surface area contributed by atoms with E-state index in [1.165, 1.54) is 5.57 Å². The number of carboxylic acid groups (broad SMARTS) is 1. The van der Waals surface area contributed by atoms with E-state index in [-0.39, 0.29) is 5.82 Å². The van der Waals surface area contributed by atoms with Crippen LogP contribution in [0.2, 0.25) is 0 Å². The van der Waals surface area contributed by atoms with Crippen molar-refractivity contribution in [1.29, 1.82) is 0 Å². The number of fused-ring (bicyclic) bond motifs is 1. The Bertz CT molecular complexity index is 709. The molecule has 0 saturated carbocycles. The highest BCUT2D eigenvalue weighted by Gasteiger charge is 2.18. The monoisotopic (exact) mass is 269 g/mol. The Kier molecular flexibility index (Phi) is 3.10. The molecule has 2 aromatic rings. The van der Waals surface area contributed by atoms with E-state index < -0.39 is 5.97 Å². The molecule has 5 nitrogen and oxygen atoms in total. The SMILES string of the molecule is CC1=CCN(c2nc(C(=O)O)nc3ccccc23)CC1. The van der Waals surface area contributed by atoms with Crippen molar-refractivity contribution in [1.82, 2.24) is 9.97 Å². The molecule has 0 fully saturated rings. The predicted octanol–water partition coefficient (Wildman–Crippen LogP) is 2.48. The second kappa shape index (κ2) is 4.92. The Hall–Kier alpha value is -2.43. The molecule has 0 saturated heterocycles. The van der Waals surface area contributed by atoms with E-state index in [1.54, 1.807) is 0 Å². The first kappa shape index (κ1) is 12.6. The summed E-state index contributed by atoms with van der Waals surface area (Å²) in [4.78, 5) is 21.6. The van der Waals surface area contributed by atoms with Crippen LogP contribution in [0.15, 0.2) is 35.9 Å². The Balaban J connectivity index is 2.15. The van der Waals surface area contributed by atoms with Gasteiger partial charge < -0.3 is 10.0 Å². The molecule has 1 N–H and O–H groups in total. The first-order chi connectivity index (χ1) is 9.65. The highest BCUT2D eigenvalue weighted by Crippen LogP contribution is 2.26. The molecule has 0 radical (unpaired) electrons. The van der Waals surface area contributed by atoms with Gasteiger partial charge in [0.2, 0.25) is 5.82 Å². The molecule has 1 aliphatic rings. The molecule has 0 aliphatic carbocycles. The van der Waals surface area contributed by atoms with E-state index in [1.807, 2.05) is 24.3 Å². The van der Waals surface area contributed by atoms with Crippen LogP contribution >= 0.6 is 0 Å². The van der Waals surface area contributed by atoms with Crippen LogP contribution in [0.4, 0.5) is 5.82 Å². The molecule has 0 atom stereocenters. The maximum Gasteiger partial charge on any atom is 0.374 e. The lowest BCUT2D eigenvalue weighted by atomic mass is 10.1. The molecule has 0 bridgehead atoms. The molecule has 20 heavy (non-hydrogen) atoms. The number of carboxylic acids is 1. The number of aromatic carboxylic acids is 1. The molecule has 1 aliphatic heterocycles. The predicted molar refractivity (Wildman–Crippen MR) is 77.1 cm³/mol. The van der Waals surface area contributed by atoms with Crippen LogP contribution in [-0.2, 0) is 0 Å². The van der Waals surface area contributed by atoms with Crippen molar-refractivity contribution in [3.63, 3.8) is 0 Å². The molecular weight excluding hydrogens is 254 g/mol. The highest BCUT2D eigenvalue weighted by molar-refractivity contribution is 5.94. The number of carbonyl (C=O) groups is 1. The number of rotatable bonds is 2. The zero-order valence-corrected chi connectivity index (χ0v) is 11.2. The van der Waals surface area contributed by atoms with Gasteiger partial charge in [-0.15, -0.1) is 0 Å². The first-order valence-corrected chi connectivity index (χ1v) is 6.56. The van der Waals surface area contributed by atoms with Crippen molar-refractivity contribution >= 4 is 22.7 Å². The molecular formula is C15H15N3O2. The van der Waals surface area contributed by atoms with E-state index in [9.17, 15) is 4.79 Å². The second-order valence-corrected chi connectivity index (χ2v) is 4.94. The molecule has 3 rings (SSSR count). The minimum absolute atomic E-state index is 0.148. The number of anilines is 1. The fourth-order valence-electron chi connectivity index (χ4n) is 2.36. The number of benzene rings is 1. The minimum atomic E-state index is -1.10. The maximum atomic E-state index is 11.2. The Morgan fingerprint density at radius 3 is 2.80 bits per heavy atom. The highest BCUT2D eigenvalue weighted by atomic mass is 16.4. The Morgan fingerprint density at radius 1 is 1.30 bits per heavy atom. The van der Waals surface area contributed by atoms with Crippen LogP contribution in [0.25, 0.3) is 10.9 Å². The molecule has 102 valence electrons. The smallest absolute Gasteiger partial charge is 0.374 e. The number of para-hydroxylation sites is 1. The minimum Gasteiger partial charge on any atom is -0.475 e. The van der Waals surface area contributed by atoms with Gasteiger partial charge >= 0.3 is 5.97 Å². The van der Waals surface area contributed by atoms with Gasteiger partial charge in [-0.25, -0.2) is 14.8 Å². The van der Waals surface area contributed by atoms with E-state index in [4.69, 9.17) is 5.11 Å². The number of hydrogen-bond acceptors (Lipinski definition) is 4. The van der Waals surface area contributed by atoms with E-state index >= 15 is 0 Å². The molecule has 1 aromatic heterocycles. The van der Waals surface area contributed by atoms with E-state index in [0.717, 1.165) is 24.9 Å². The number of nitrogens with zero attached hydrogens (tertiary/aromatic N) is 3. The molecule has 0 unspecified atom stereocenters. The van der Waals surface area contributed by atoms with Crippen molar-refractivity contribution < 1.29 is 9.90 Å². The molecule has 1 aromatic carbocycles. The van der Waals surface area contributed by atoms with Crippen molar-refractivity contribution in [2.45, 2.75) is 13.3 Å². The fraction of sp³-hybridized carbons (Fsp3) is 0.267. The summed E-state index contributed by atoms with van der Waals surface area (Å²) in [5, 5.41) is 10.0.